The summed E-state index contributed by atoms with van der Waals surface area (Å²) in [5, 5.41) is 4.35. The van der Waals surface area contributed by atoms with Crippen LogP contribution in [0.2, 0.25) is 0 Å². The van der Waals surface area contributed by atoms with Gasteiger partial charge in [-0.2, -0.15) is 0 Å². The number of nitrogens with one attached hydrogen (secondary N) is 1. The molecule has 2 rings (SSSR count). The van der Waals surface area contributed by atoms with Crippen molar-refractivity contribution in [3.05, 3.63) is 24.4 Å². The zero-order valence-electron chi connectivity index (χ0n) is 21.9. The van der Waals surface area contributed by atoms with Gasteiger partial charge in [0.15, 0.2) is 0 Å². The number of ether oxygens (including phenoxy) is 2. The molecule has 0 radical (unpaired) electrons. The standard InChI is InChI=1S/C25H37N3O7S2/c1-24(2,12-10-23(32)35-28-21(30)8-9-22(28)31)33-16-13-25(3,4)34-17-15-26-19(29)11-18-36-37-20-7-5-6-14-27-20/h5-7,14H,8-13,15-18H2,1-4H3,(H,26,29). The average molecular weight is 556 g/mol. The Labute approximate surface area is 226 Å². The summed E-state index contributed by atoms with van der Waals surface area (Å²) in [5.74, 6) is -0.955. The summed E-state index contributed by atoms with van der Waals surface area (Å²) in [5.41, 5.74) is -1.06. The molecule has 12 heteroatoms. The molecule has 1 aliphatic rings. The van der Waals surface area contributed by atoms with Gasteiger partial charge in [-0.15, -0.1) is 5.06 Å². The Kier molecular flexibility index (Phi) is 12.9. The van der Waals surface area contributed by atoms with Crippen molar-refractivity contribution >= 4 is 45.3 Å². The molecule has 0 aliphatic carbocycles. The number of pyridine rings is 1. The first-order valence-corrected chi connectivity index (χ1v) is 14.6. The van der Waals surface area contributed by atoms with E-state index in [0.717, 1.165) is 5.03 Å². The lowest BCUT2D eigenvalue weighted by atomic mass is 10.0. The van der Waals surface area contributed by atoms with E-state index in [1.165, 1.54) is 0 Å². The Bertz CT molecular complexity index is 897. The summed E-state index contributed by atoms with van der Waals surface area (Å²) < 4.78 is 11.9. The van der Waals surface area contributed by atoms with Crippen molar-refractivity contribution < 1.29 is 33.5 Å². The molecule has 206 valence electrons. The van der Waals surface area contributed by atoms with Crippen LogP contribution < -0.4 is 5.32 Å². The molecule has 3 amide bonds. The normalized spacial score (nSPS) is 14.2. The lowest BCUT2D eigenvalue weighted by Crippen LogP contribution is -2.35. The number of imide groups is 1. The van der Waals surface area contributed by atoms with Crippen molar-refractivity contribution in [2.75, 3.05) is 25.5 Å². The first-order chi connectivity index (χ1) is 17.5. The van der Waals surface area contributed by atoms with Gasteiger partial charge < -0.3 is 19.6 Å². The van der Waals surface area contributed by atoms with Gasteiger partial charge in [0.05, 0.1) is 30.8 Å². The van der Waals surface area contributed by atoms with Gasteiger partial charge in [0.2, 0.25) is 5.91 Å². The maximum Gasteiger partial charge on any atom is 0.333 e. The van der Waals surface area contributed by atoms with Crippen LogP contribution in [0.15, 0.2) is 29.4 Å². The summed E-state index contributed by atoms with van der Waals surface area (Å²) in [7, 11) is 3.15. The Morgan fingerprint density at radius 3 is 2.35 bits per heavy atom. The van der Waals surface area contributed by atoms with E-state index in [1.807, 2.05) is 45.9 Å². The number of carbonyl (C=O) groups is 4. The van der Waals surface area contributed by atoms with E-state index in [9.17, 15) is 19.2 Å². The monoisotopic (exact) mass is 555 g/mol. The van der Waals surface area contributed by atoms with Crippen LogP contribution in [0.1, 0.15) is 66.2 Å². The summed E-state index contributed by atoms with van der Waals surface area (Å²) in [6, 6.07) is 5.74. The van der Waals surface area contributed by atoms with Gasteiger partial charge in [-0.05, 0) is 63.5 Å². The van der Waals surface area contributed by atoms with Crippen LogP contribution in [0.4, 0.5) is 0 Å². The lowest BCUT2D eigenvalue weighted by molar-refractivity contribution is -0.198. The Morgan fingerprint density at radius 2 is 1.68 bits per heavy atom. The van der Waals surface area contributed by atoms with E-state index in [4.69, 9.17) is 14.3 Å². The number of hydroxylamine groups is 2. The van der Waals surface area contributed by atoms with Crippen LogP contribution >= 0.6 is 21.6 Å². The zero-order valence-corrected chi connectivity index (χ0v) is 23.6. The maximum atomic E-state index is 12.0. The van der Waals surface area contributed by atoms with Crippen molar-refractivity contribution in [3.63, 3.8) is 0 Å². The van der Waals surface area contributed by atoms with Crippen LogP contribution in [-0.4, -0.2) is 70.5 Å². The molecule has 1 aromatic rings. The quantitative estimate of drug-likeness (QED) is 0.173. The molecule has 1 aliphatic heterocycles. The molecule has 37 heavy (non-hydrogen) atoms. The minimum atomic E-state index is -0.642. The van der Waals surface area contributed by atoms with Crippen LogP contribution in [0.5, 0.6) is 0 Å². The van der Waals surface area contributed by atoms with Gasteiger partial charge in [0.1, 0.15) is 5.03 Å². The molecule has 1 saturated heterocycles. The van der Waals surface area contributed by atoms with Crippen molar-refractivity contribution in [2.24, 2.45) is 0 Å². The van der Waals surface area contributed by atoms with Gasteiger partial charge >= 0.3 is 5.97 Å². The SMILES string of the molecule is CC(C)(CCOC(C)(C)CCC(=O)ON1C(=O)CCC1=O)OCCNC(=O)CCSSc1ccccn1. The molecule has 10 nitrogen and oxygen atoms in total. The molecule has 1 fully saturated rings. The number of amides is 3. The Hall–Kier alpha value is -2.15. The van der Waals surface area contributed by atoms with Crippen molar-refractivity contribution in [1.29, 1.82) is 0 Å². The number of hydrogen-bond acceptors (Lipinski definition) is 10. The lowest BCUT2D eigenvalue weighted by Gasteiger charge is -2.29. The molecule has 0 bridgehead atoms. The van der Waals surface area contributed by atoms with E-state index < -0.39 is 29.0 Å². The summed E-state index contributed by atoms with van der Waals surface area (Å²) >= 11 is 0. The second-order valence-corrected chi connectivity index (χ2v) is 12.1. The topological polar surface area (TPSA) is 124 Å². The van der Waals surface area contributed by atoms with Crippen LogP contribution in [0, 0.1) is 0 Å². The smallest absolute Gasteiger partial charge is 0.333 e. The largest absolute Gasteiger partial charge is 0.375 e. The van der Waals surface area contributed by atoms with E-state index in [0.29, 0.717) is 49.8 Å². The fourth-order valence-corrected chi connectivity index (χ4v) is 5.03. The second kappa shape index (κ2) is 15.3. The maximum absolute atomic E-state index is 12.0. The number of nitrogens with zero attached hydrogens (tertiary/aromatic N) is 2. The highest BCUT2D eigenvalue weighted by atomic mass is 33.1. The molecular weight excluding hydrogens is 518 g/mol. The fraction of sp³-hybridized carbons (Fsp3) is 0.640. The minimum absolute atomic E-state index is 0.0161. The molecule has 1 aromatic heterocycles. The average Bonchev–Trinajstić information content (AvgIpc) is 3.16. The fourth-order valence-electron chi connectivity index (χ4n) is 3.16. The number of rotatable bonds is 17. The van der Waals surface area contributed by atoms with Crippen LogP contribution in [-0.2, 0) is 33.5 Å². The Balaban J connectivity index is 1.53. The molecule has 1 N–H and O–H groups in total. The predicted molar refractivity (Wildman–Crippen MR) is 141 cm³/mol. The third-order valence-corrected chi connectivity index (χ3v) is 7.71. The van der Waals surface area contributed by atoms with E-state index >= 15 is 0 Å². The van der Waals surface area contributed by atoms with Gasteiger partial charge in [0, 0.05) is 37.8 Å². The second-order valence-electron chi connectivity index (χ2n) is 9.68. The van der Waals surface area contributed by atoms with Crippen LogP contribution in [0.3, 0.4) is 0 Å². The molecule has 0 saturated carbocycles. The van der Waals surface area contributed by atoms with Crippen molar-refractivity contribution in [3.8, 4) is 0 Å². The third-order valence-electron chi connectivity index (χ3n) is 5.44. The van der Waals surface area contributed by atoms with Crippen LogP contribution in [0.25, 0.3) is 0 Å². The minimum Gasteiger partial charge on any atom is -0.375 e. The summed E-state index contributed by atoms with van der Waals surface area (Å²) in [6.07, 6.45) is 3.31. The highest BCUT2D eigenvalue weighted by Crippen LogP contribution is 2.29. The van der Waals surface area contributed by atoms with Gasteiger partial charge in [-0.1, -0.05) is 16.9 Å². The van der Waals surface area contributed by atoms with Gasteiger partial charge in [-0.25, -0.2) is 9.78 Å². The van der Waals surface area contributed by atoms with Gasteiger partial charge in [0.25, 0.3) is 11.8 Å². The molecule has 0 aromatic carbocycles. The highest BCUT2D eigenvalue weighted by molar-refractivity contribution is 8.76. The molecule has 0 unspecified atom stereocenters. The summed E-state index contributed by atoms with van der Waals surface area (Å²) in [4.78, 5) is 56.2. The van der Waals surface area contributed by atoms with E-state index in [1.54, 1.807) is 27.8 Å². The summed E-state index contributed by atoms with van der Waals surface area (Å²) in [6.45, 7) is 8.87. The third kappa shape index (κ3) is 12.8. The predicted octanol–water partition coefficient (Wildman–Crippen LogP) is 3.70. The van der Waals surface area contributed by atoms with Gasteiger partial charge in [-0.3, -0.25) is 14.4 Å². The first kappa shape index (κ1) is 31.1. The first-order valence-electron chi connectivity index (χ1n) is 12.3. The number of carbonyl (C=O) groups excluding carboxylic acids is 4. The Morgan fingerprint density at radius 1 is 1.00 bits per heavy atom. The van der Waals surface area contributed by atoms with E-state index in [2.05, 4.69) is 10.3 Å². The highest BCUT2D eigenvalue weighted by Gasteiger charge is 2.33. The molecular formula is C25H37N3O7S2. The van der Waals surface area contributed by atoms with E-state index in [-0.39, 0.29) is 25.2 Å². The van der Waals surface area contributed by atoms with Crippen molar-refractivity contribution in [1.82, 2.24) is 15.4 Å². The van der Waals surface area contributed by atoms with Crippen molar-refractivity contribution in [2.45, 2.75) is 82.4 Å². The molecule has 2 heterocycles. The molecule has 0 atom stereocenters. The zero-order chi connectivity index (χ0) is 27.3. The molecule has 0 spiro atoms. The number of hydrogen-bond donors (Lipinski definition) is 1. The number of aromatic nitrogens is 1.